The van der Waals surface area contributed by atoms with Crippen LogP contribution in [0, 0.1) is 0 Å². The summed E-state index contributed by atoms with van der Waals surface area (Å²) in [5.74, 6) is 0. The number of nitrogens with one attached hydrogen (secondary N) is 1. The predicted octanol–water partition coefficient (Wildman–Crippen LogP) is 1.23. The molecule has 0 radical (unpaired) electrons. The van der Waals surface area contributed by atoms with E-state index >= 15 is 0 Å². The summed E-state index contributed by atoms with van der Waals surface area (Å²) in [6.45, 7) is 7.78. The van der Waals surface area contributed by atoms with Crippen LogP contribution in [0.25, 0.3) is 0 Å². The Morgan fingerprint density at radius 3 is 1.24 bits per heavy atom. The van der Waals surface area contributed by atoms with Crippen LogP contribution in [0.15, 0.2) is 0 Å². The Balaban J connectivity index is 0. The molecule has 0 saturated carbocycles. The lowest BCUT2D eigenvalue weighted by Crippen LogP contribution is -2.24. The lowest BCUT2D eigenvalue weighted by Gasteiger charge is -2.14. The van der Waals surface area contributed by atoms with Crippen LogP contribution >= 0.6 is 0 Å². The molecule has 6 nitrogen and oxygen atoms in total. The molecule has 9 N–H and O–H groups in total. The van der Waals surface area contributed by atoms with Crippen LogP contribution < -0.4 is 28.3 Å². The monoisotopic (exact) mass is 360 g/mol. The highest BCUT2D eigenvalue weighted by atomic mass is 15.1. The van der Waals surface area contributed by atoms with Gasteiger partial charge in [0, 0.05) is 0 Å². The average Bonchev–Trinajstić information content (AvgIpc) is 2.63. The van der Waals surface area contributed by atoms with Gasteiger partial charge in [-0.1, -0.05) is 25.7 Å². The first-order valence-corrected chi connectivity index (χ1v) is 10.4. The van der Waals surface area contributed by atoms with E-state index in [4.69, 9.17) is 22.9 Å². The van der Waals surface area contributed by atoms with Gasteiger partial charge in [-0.3, -0.25) is 0 Å². The standard InChI is InChI=1S/C12H29N3.C7H19N3/c13-9-5-1-3-7-11-15-12-8-4-2-6-10-14;1-10(6-2-4-8)7-3-5-9/h15H,1-14H2;2-9H2,1H3. The second-order valence-electron chi connectivity index (χ2n) is 6.74. The number of rotatable bonds is 18. The molecule has 0 fully saturated rings. The second-order valence-corrected chi connectivity index (χ2v) is 6.74. The summed E-state index contributed by atoms with van der Waals surface area (Å²) >= 11 is 0. The van der Waals surface area contributed by atoms with E-state index in [-0.39, 0.29) is 0 Å². The Hall–Kier alpha value is -0.240. The molecule has 0 saturated heterocycles. The van der Waals surface area contributed by atoms with Crippen molar-refractivity contribution in [3.05, 3.63) is 0 Å². The Morgan fingerprint density at radius 2 is 0.880 bits per heavy atom. The van der Waals surface area contributed by atoms with E-state index in [2.05, 4.69) is 17.3 Å². The van der Waals surface area contributed by atoms with Gasteiger partial charge in [0.05, 0.1) is 0 Å². The lowest BCUT2D eigenvalue weighted by molar-refractivity contribution is 0.329. The number of nitrogens with zero attached hydrogens (tertiary/aromatic N) is 1. The largest absolute Gasteiger partial charge is 0.330 e. The SMILES string of the molecule is CN(CCCN)CCCN.NCCCCCCNCCCCCCN. The van der Waals surface area contributed by atoms with Crippen LogP contribution in [0.4, 0.5) is 0 Å². The summed E-state index contributed by atoms with van der Waals surface area (Å²) in [6, 6.07) is 0. The molecule has 0 aliphatic carbocycles. The molecule has 0 atom stereocenters. The first kappa shape index (κ1) is 27.0. The summed E-state index contributed by atoms with van der Waals surface area (Å²) in [6.07, 6.45) is 12.3. The molecule has 0 heterocycles. The third kappa shape index (κ3) is 28.8. The van der Waals surface area contributed by atoms with Crippen molar-refractivity contribution in [2.75, 3.05) is 59.4 Å². The Kier molecular flexibility index (Phi) is 28.1. The fraction of sp³-hybridized carbons (Fsp3) is 1.00. The van der Waals surface area contributed by atoms with Crippen molar-refractivity contribution in [1.29, 1.82) is 0 Å². The zero-order valence-corrected chi connectivity index (χ0v) is 17.0. The van der Waals surface area contributed by atoms with Crippen molar-refractivity contribution in [1.82, 2.24) is 10.2 Å². The average molecular weight is 361 g/mol. The Bertz CT molecular complexity index is 196. The summed E-state index contributed by atoms with van der Waals surface area (Å²) in [7, 11) is 2.10. The van der Waals surface area contributed by atoms with Gasteiger partial charge in [0.15, 0.2) is 0 Å². The number of hydrogen-bond donors (Lipinski definition) is 5. The molecular weight excluding hydrogens is 312 g/mol. The lowest BCUT2D eigenvalue weighted by atomic mass is 10.2. The Morgan fingerprint density at radius 1 is 0.520 bits per heavy atom. The molecular formula is C19H48N6. The van der Waals surface area contributed by atoms with E-state index in [0.29, 0.717) is 0 Å². The topological polar surface area (TPSA) is 119 Å². The van der Waals surface area contributed by atoms with Crippen molar-refractivity contribution in [3.63, 3.8) is 0 Å². The van der Waals surface area contributed by atoms with E-state index in [1.54, 1.807) is 0 Å². The van der Waals surface area contributed by atoms with E-state index in [1.165, 1.54) is 64.5 Å². The zero-order valence-electron chi connectivity index (χ0n) is 17.0. The van der Waals surface area contributed by atoms with Crippen molar-refractivity contribution in [3.8, 4) is 0 Å². The number of unbranched alkanes of at least 4 members (excludes halogenated alkanes) is 6. The predicted molar refractivity (Wildman–Crippen MR) is 113 cm³/mol. The molecule has 0 bridgehead atoms. The second kappa shape index (κ2) is 26.0. The fourth-order valence-corrected chi connectivity index (χ4v) is 2.45. The van der Waals surface area contributed by atoms with Crippen LogP contribution in [-0.4, -0.2) is 64.3 Å². The molecule has 0 aromatic rings. The normalized spacial score (nSPS) is 10.8. The van der Waals surface area contributed by atoms with Gasteiger partial charge in [-0.15, -0.1) is 0 Å². The molecule has 0 unspecified atom stereocenters. The van der Waals surface area contributed by atoms with Crippen LogP contribution in [0.5, 0.6) is 0 Å². The highest BCUT2D eigenvalue weighted by Crippen LogP contribution is 1.99. The van der Waals surface area contributed by atoms with Gasteiger partial charge in [-0.25, -0.2) is 0 Å². The highest BCUT2D eigenvalue weighted by Gasteiger charge is 1.94. The molecule has 0 rings (SSSR count). The van der Waals surface area contributed by atoms with Gasteiger partial charge in [-0.05, 0) is 97.9 Å². The molecule has 0 aliphatic rings. The first-order valence-electron chi connectivity index (χ1n) is 10.4. The third-order valence-corrected chi connectivity index (χ3v) is 4.10. The zero-order chi connectivity index (χ0) is 19.0. The summed E-state index contributed by atoms with van der Waals surface area (Å²) in [4.78, 5) is 2.26. The highest BCUT2D eigenvalue weighted by molar-refractivity contribution is 4.52. The minimum absolute atomic E-state index is 0.785. The van der Waals surface area contributed by atoms with Crippen molar-refractivity contribution in [2.45, 2.75) is 64.2 Å². The number of hydrogen-bond acceptors (Lipinski definition) is 6. The van der Waals surface area contributed by atoms with Gasteiger partial charge in [0.25, 0.3) is 0 Å². The van der Waals surface area contributed by atoms with E-state index in [1.807, 2.05) is 0 Å². The van der Waals surface area contributed by atoms with Crippen LogP contribution in [0.3, 0.4) is 0 Å². The van der Waals surface area contributed by atoms with E-state index in [0.717, 1.165) is 52.1 Å². The minimum atomic E-state index is 0.785. The van der Waals surface area contributed by atoms with E-state index in [9.17, 15) is 0 Å². The molecule has 6 heteroatoms. The van der Waals surface area contributed by atoms with Gasteiger partial charge < -0.3 is 33.2 Å². The quantitative estimate of drug-likeness (QED) is 0.235. The smallest absolute Gasteiger partial charge is 0.000976 e. The molecule has 0 amide bonds. The van der Waals surface area contributed by atoms with Crippen molar-refractivity contribution in [2.24, 2.45) is 22.9 Å². The summed E-state index contributed by atoms with van der Waals surface area (Å²) < 4.78 is 0. The molecule has 0 spiro atoms. The maximum absolute atomic E-state index is 5.42. The molecule has 0 aromatic heterocycles. The van der Waals surface area contributed by atoms with Crippen molar-refractivity contribution < 1.29 is 0 Å². The van der Waals surface area contributed by atoms with Crippen LogP contribution in [0.2, 0.25) is 0 Å². The van der Waals surface area contributed by atoms with Gasteiger partial charge in [0.1, 0.15) is 0 Å². The third-order valence-electron chi connectivity index (χ3n) is 4.10. The minimum Gasteiger partial charge on any atom is -0.330 e. The molecule has 154 valence electrons. The molecule has 0 aliphatic heterocycles. The maximum Gasteiger partial charge on any atom is -0.000976 e. The number of nitrogens with two attached hydrogens (primary N) is 4. The van der Waals surface area contributed by atoms with Crippen LogP contribution in [-0.2, 0) is 0 Å². The maximum atomic E-state index is 5.42. The van der Waals surface area contributed by atoms with Crippen molar-refractivity contribution >= 4 is 0 Å². The summed E-state index contributed by atoms with van der Waals surface area (Å²) in [5.41, 5.74) is 21.6. The summed E-state index contributed by atoms with van der Waals surface area (Å²) in [5, 5.41) is 3.48. The Labute approximate surface area is 157 Å². The van der Waals surface area contributed by atoms with Gasteiger partial charge in [0.2, 0.25) is 0 Å². The fourth-order valence-electron chi connectivity index (χ4n) is 2.45. The first-order chi connectivity index (χ1) is 12.2. The van der Waals surface area contributed by atoms with Crippen LogP contribution in [0.1, 0.15) is 64.2 Å². The van der Waals surface area contributed by atoms with E-state index < -0.39 is 0 Å². The molecule has 25 heavy (non-hydrogen) atoms. The van der Waals surface area contributed by atoms with Gasteiger partial charge >= 0.3 is 0 Å². The molecule has 0 aromatic carbocycles. The van der Waals surface area contributed by atoms with Gasteiger partial charge in [-0.2, -0.15) is 0 Å².